The molecule has 0 bridgehead atoms. The second-order valence-corrected chi connectivity index (χ2v) is 7.52. The van der Waals surface area contributed by atoms with E-state index < -0.39 is 12.0 Å². The van der Waals surface area contributed by atoms with Crippen LogP contribution in [0.5, 0.6) is 0 Å². The second kappa shape index (κ2) is 7.09. The maximum atomic E-state index is 13.1. The normalized spacial score (nSPS) is 18.0. The molecule has 2 heterocycles. The number of amides is 1. The van der Waals surface area contributed by atoms with E-state index in [9.17, 15) is 9.59 Å². The van der Waals surface area contributed by atoms with Crippen LogP contribution in [-0.4, -0.2) is 40.1 Å². The Morgan fingerprint density at radius 3 is 2.72 bits per heavy atom. The first-order valence-corrected chi connectivity index (χ1v) is 9.02. The Morgan fingerprint density at radius 1 is 1.40 bits per heavy atom. The summed E-state index contributed by atoms with van der Waals surface area (Å²) in [4.78, 5) is 27.4. The smallest absolute Gasteiger partial charge is 0.328 e. The molecule has 8 heteroatoms. The number of aryl methyl sites for hydroxylation is 1. The first-order chi connectivity index (χ1) is 11.9. The van der Waals surface area contributed by atoms with Crippen molar-refractivity contribution >= 4 is 41.1 Å². The molecule has 0 N–H and O–H groups in total. The van der Waals surface area contributed by atoms with Gasteiger partial charge < -0.3 is 4.74 Å². The van der Waals surface area contributed by atoms with Crippen LogP contribution in [0.2, 0.25) is 5.02 Å². The number of ether oxygens (including phenoxy) is 1. The third-order valence-electron chi connectivity index (χ3n) is 4.05. The molecule has 2 aromatic rings. The fourth-order valence-electron chi connectivity index (χ4n) is 2.78. The Bertz CT molecular complexity index is 806. The molecule has 132 valence electrons. The number of esters is 1. The zero-order valence-corrected chi connectivity index (χ0v) is 15.7. The van der Waals surface area contributed by atoms with Crippen molar-refractivity contribution in [3.8, 4) is 0 Å². The molecule has 0 fully saturated rings. The maximum absolute atomic E-state index is 13.1. The summed E-state index contributed by atoms with van der Waals surface area (Å²) in [5, 5.41) is 4.66. The van der Waals surface area contributed by atoms with Crippen LogP contribution in [0, 0.1) is 0 Å². The number of hydrogen-bond acceptors (Lipinski definition) is 5. The molecule has 1 amide bonds. The number of aromatic nitrogens is 2. The molecule has 6 nitrogen and oxygen atoms in total. The highest BCUT2D eigenvalue weighted by Gasteiger charge is 2.40. The number of benzene rings is 1. The summed E-state index contributed by atoms with van der Waals surface area (Å²) in [6, 6.07) is 6.68. The van der Waals surface area contributed by atoms with Crippen LogP contribution >= 0.6 is 23.4 Å². The average Bonchev–Trinajstić information content (AvgIpc) is 2.96. The van der Waals surface area contributed by atoms with Crippen molar-refractivity contribution in [2.45, 2.75) is 29.5 Å². The Morgan fingerprint density at radius 2 is 2.08 bits per heavy atom. The van der Waals surface area contributed by atoms with E-state index in [-0.39, 0.29) is 11.2 Å². The lowest BCUT2D eigenvalue weighted by molar-refractivity contribution is -0.143. The first kappa shape index (κ1) is 17.8. The lowest BCUT2D eigenvalue weighted by Gasteiger charge is -2.33. The molecule has 25 heavy (non-hydrogen) atoms. The first-order valence-electron chi connectivity index (χ1n) is 7.76. The van der Waals surface area contributed by atoms with E-state index in [4.69, 9.17) is 16.3 Å². The van der Waals surface area contributed by atoms with Crippen LogP contribution in [0.4, 0.5) is 5.82 Å². The van der Waals surface area contributed by atoms with Gasteiger partial charge in [0.15, 0.2) is 5.82 Å². The summed E-state index contributed by atoms with van der Waals surface area (Å²) < 4.78 is 6.46. The summed E-state index contributed by atoms with van der Waals surface area (Å²) >= 11 is 7.39. The van der Waals surface area contributed by atoms with Gasteiger partial charge in [-0.15, -0.1) is 11.8 Å². The van der Waals surface area contributed by atoms with Crippen molar-refractivity contribution < 1.29 is 14.3 Å². The van der Waals surface area contributed by atoms with Crippen LogP contribution in [0.3, 0.4) is 0 Å². The van der Waals surface area contributed by atoms with Crippen LogP contribution in [-0.2, 0) is 27.8 Å². The van der Waals surface area contributed by atoms with Gasteiger partial charge in [-0.05, 0) is 31.0 Å². The van der Waals surface area contributed by atoms with Gasteiger partial charge in [-0.2, -0.15) is 5.10 Å². The summed E-state index contributed by atoms with van der Waals surface area (Å²) in [6.45, 7) is 1.65. The average molecular weight is 380 g/mol. The third-order valence-corrected chi connectivity index (χ3v) is 5.50. The topological polar surface area (TPSA) is 64.4 Å². The molecular formula is C17H18ClN3O3S. The number of hydrogen-bond donors (Lipinski definition) is 0. The monoisotopic (exact) mass is 379 g/mol. The van der Waals surface area contributed by atoms with Gasteiger partial charge in [0.25, 0.3) is 0 Å². The van der Waals surface area contributed by atoms with Gasteiger partial charge in [-0.1, -0.05) is 23.7 Å². The van der Waals surface area contributed by atoms with E-state index in [2.05, 4.69) is 5.10 Å². The molecule has 1 aliphatic heterocycles. The van der Waals surface area contributed by atoms with Crippen LogP contribution in [0.25, 0.3) is 0 Å². The number of fused-ring (bicyclic) bond motifs is 1. The lowest BCUT2D eigenvalue weighted by Crippen LogP contribution is -2.50. The van der Waals surface area contributed by atoms with Crippen molar-refractivity contribution in [3.05, 3.63) is 41.0 Å². The van der Waals surface area contributed by atoms with E-state index in [1.807, 2.05) is 18.3 Å². The minimum atomic E-state index is -0.736. The van der Waals surface area contributed by atoms with Gasteiger partial charge in [0.05, 0.1) is 17.3 Å². The number of carbonyl (C=O) groups excluding carboxylic acids is 2. The number of thioether (sulfide) groups is 1. The number of halogens is 1. The zero-order valence-electron chi connectivity index (χ0n) is 14.1. The van der Waals surface area contributed by atoms with Crippen molar-refractivity contribution in [3.63, 3.8) is 0 Å². The number of nitrogens with zero attached hydrogens (tertiary/aromatic N) is 3. The molecule has 0 saturated heterocycles. The van der Waals surface area contributed by atoms with Gasteiger partial charge in [0, 0.05) is 18.3 Å². The molecule has 3 rings (SSSR count). The van der Waals surface area contributed by atoms with Crippen molar-refractivity contribution in [2.24, 2.45) is 7.05 Å². The molecule has 2 atom stereocenters. The summed E-state index contributed by atoms with van der Waals surface area (Å²) in [5.74, 6) is -0.117. The summed E-state index contributed by atoms with van der Waals surface area (Å²) in [6.07, 6.45) is 2.40. The highest BCUT2D eigenvalue weighted by atomic mass is 35.5. The highest BCUT2D eigenvalue weighted by Crippen LogP contribution is 2.40. The van der Waals surface area contributed by atoms with Gasteiger partial charge in [0.2, 0.25) is 5.91 Å². The minimum absolute atomic E-state index is 0.149. The van der Waals surface area contributed by atoms with Crippen molar-refractivity contribution in [1.82, 2.24) is 9.78 Å². The molecule has 0 aliphatic carbocycles. The largest absolute Gasteiger partial charge is 0.467 e. The maximum Gasteiger partial charge on any atom is 0.328 e. The second-order valence-electron chi connectivity index (χ2n) is 5.84. The molecule has 1 aromatic heterocycles. The van der Waals surface area contributed by atoms with Crippen LogP contribution < -0.4 is 4.90 Å². The number of rotatable bonds is 4. The molecule has 0 spiro atoms. The lowest BCUT2D eigenvalue weighted by atomic mass is 10.1. The van der Waals surface area contributed by atoms with E-state index in [0.717, 1.165) is 10.5 Å². The molecular weight excluding hydrogens is 362 g/mol. The quantitative estimate of drug-likeness (QED) is 0.764. The fourth-order valence-corrected chi connectivity index (χ4v) is 4.16. The van der Waals surface area contributed by atoms with E-state index in [0.29, 0.717) is 17.3 Å². The van der Waals surface area contributed by atoms with E-state index >= 15 is 0 Å². The van der Waals surface area contributed by atoms with Crippen LogP contribution in [0.1, 0.15) is 12.5 Å². The Kier molecular flexibility index (Phi) is 5.06. The third kappa shape index (κ3) is 3.52. The van der Waals surface area contributed by atoms with E-state index in [1.54, 1.807) is 30.8 Å². The van der Waals surface area contributed by atoms with Gasteiger partial charge in [-0.25, -0.2) is 4.79 Å². The molecule has 1 aromatic carbocycles. The molecule has 0 saturated carbocycles. The van der Waals surface area contributed by atoms with Gasteiger partial charge in [0.1, 0.15) is 6.04 Å². The van der Waals surface area contributed by atoms with E-state index in [1.165, 1.54) is 23.8 Å². The minimum Gasteiger partial charge on any atom is -0.467 e. The number of anilines is 1. The Balaban J connectivity index is 1.93. The zero-order chi connectivity index (χ0) is 18.1. The predicted molar refractivity (Wildman–Crippen MR) is 97.0 cm³/mol. The Hall–Kier alpha value is -1.99. The predicted octanol–water partition coefficient (Wildman–Crippen LogP) is 2.69. The summed E-state index contributed by atoms with van der Waals surface area (Å²) in [5.41, 5.74) is 1.01. The molecule has 1 unspecified atom stereocenters. The number of carbonyl (C=O) groups is 2. The molecule has 1 aliphatic rings. The van der Waals surface area contributed by atoms with Gasteiger partial charge in [-0.3, -0.25) is 14.4 Å². The molecule has 0 radical (unpaired) electrons. The van der Waals surface area contributed by atoms with Crippen LogP contribution in [0.15, 0.2) is 35.4 Å². The van der Waals surface area contributed by atoms with Crippen molar-refractivity contribution in [2.75, 3.05) is 12.0 Å². The SMILES string of the molecule is COC(=O)[C@H](C)N1C(=O)C(Cc2ccc(Cl)cc2)Sc2cn(C)nc21. The standard InChI is InChI=1S/C17H18ClN3O3S/c1-10(17(23)24-3)21-15-14(9-20(2)19-15)25-13(16(21)22)8-11-4-6-12(18)7-5-11/h4-7,9-10,13H,8H2,1-3H3/t10-,13?/m0/s1. The van der Waals surface area contributed by atoms with Gasteiger partial charge >= 0.3 is 5.97 Å². The van der Waals surface area contributed by atoms with Crippen molar-refractivity contribution in [1.29, 1.82) is 0 Å². The number of methoxy groups -OCH3 is 1. The fraction of sp³-hybridized carbons (Fsp3) is 0.353. The summed E-state index contributed by atoms with van der Waals surface area (Å²) in [7, 11) is 3.10. The highest BCUT2D eigenvalue weighted by molar-refractivity contribution is 8.01. The Labute approximate surface area is 155 Å².